The van der Waals surface area contributed by atoms with Crippen molar-refractivity contribution >= 4 is 29.3 Å². The Balaban J connectivity index is 1.22. The maximum absolute atomic E-state index is 14.3. The molecule has 0 saturated heterocycles. The lowest BCUT2D eigenvalue weighted by atomic mass is 9.33. The fraction of sp³-hybridized carbons (Fsp3) is 0.750. The van der Waals surface area contributed by atoms with Gasteiger partial charge in [-0.2, -0.15) is 0 Å². The second-order valence-electron chi connectivity index (χ2n) is 20.5. The van der Waals surface area contributed by atoms with Gasteiger partial charge < -0.3 is 25.3 Å². The van der Waals surface area contributed by atoms with Crippen molar-refractivity contribution in [3.05, 3.63) is 34.4 Å². The van der Waals surface area contributed by atoms with E-state index in [1.807, 2.05) is 4.57 Å². The Hall–Kier alpha value is -3.22. The van der Waals surface area contributed by atoms with Gasteiger partial charge in [0.05, 0.1) is 16.9 Å². The Bertz CT molecular complexity index is 1980. The Kier molecular flexibility index (Phi) is 10.5. The highest BCUT2D eigenvalue weighted by atomic mass is 35.5. The molecule has 13 heteroatoms. The van der Waals surface area contributed by atoms with Crippen LogP contribution in [-0.2, 0) is 25.7 Å². The van der Waals surface area contributed by atoms with Gasteiger partial charge in [0.1, 0.15) is 12.2 Å². The summed E-state index contributed by atoms with van der Waals surface area (Å²) in [6.45, 7) is 20.0. The summed E-state index contributed by atoms with van der Waals surface area (Å²) in [5, 5.41) is 31.9. The molecule has 57 heavy (non-hydrogen) atoms. The molecule has 5 aliphatic rings. The lowest BCUT2D eigenvalue weighted by Crippen LogP contribution is -2.66. The third-order valence-electron chi connectivity index (χ3n) is 16.6. The number of aliphatic hydroxyl groups is 1. The molecular weight excluding hydrogens is 744 g/mol. The van der Waals surface area contributed by atoms with Gasteiger partial charge in [0, 0.05) is 42.7 Å². The molecule has 0 unspecified atom stereocenters. The second-order valence-corrected chi connectivity index (χ2v) is 20.9. The molecule has 5 aliphatic carbocycles. The number of hydrogen-bond acceptors (Lipinski definition) is 10. The van der Waals surface area contributed by atoms with Gasteiger partial charge in [-0.15, -0.1) is 10.2 Å². The van der Waals surface area contributed by atoms with Crippen molar-refractivity contribution in [1.82, 2.24) is 24.7 Å². The SMILES string of the molecule is CC(C)C1=C2[C@H]3CC[C@@H]4[C@@]5(C)CC[C@H](OC(=O)CC(C)(C)C(=O)O)C(C)(C)[C@@H]5CC[C@@]4(C)[C@]3(C)CC[C@@]2([C@H](O)c2nnc(-c3ncc(Cl)cn3)n2CCN)CC1=O. The number of carboxylic acid groups (broad SMARTS) is 1. The van der Waals surface area contributed by atoms with Gasteiger partial charge in [-0.1, -0.05) is 60.1 Å². The number of aliphatic carboxylic acids is 1. The lowest BCUT2D eigenvalue weighted by Gasteiger charge is -2.72. The van der Waals surface area contributed by atoms with Crippen LogP contribution < -0.4 is 5.73 Å². The number of ether oxygens (including phenoxy) is 1. The predicted molar refractivity (Wildman–Crippen MR) is 215 cm³/mol. The highest BCUT2D eigenvalue weighted by Gasteiger charge is 2.71. The number of hydrogen-bond donors (Lipinski definition) is 3. The highest BCUT2D eigenvalue weighted by Crippen LogP contribution is 2.77. The predicted octanol–water partition coefficient (Wildman–Crippen LogP) is 7.77. The van der Waals surface area contributed by atoms with Crippen LogP contribution >= 0.6 is 11.6 Å². The Morgan fingerprint density at radius 1 is 0.982 bits per heavy atom. The highest BCUT2D eigenvalue weighted by molar-refractivity contribution is 6.30. The molecule has 2 aromatic rings. The fourth-order valence-corrected chi connectivity index (χ4v) is 13.6. The third-order valence-corrected chi connectivity index (χ3v) is 16.8. The van der Waals surface area contributed by atoms with Gasteiger partial charge in [-0.25, -0.2) is 9.97 Å². The summed E-state index contributed by atoms with van der Waals surface area (Å²) in [5.41, 5.74) is 5.68. The molecule has 0 aromatic carbocycles. The number of fused-ring (bicyclic) bond motifs is 7. The largest absolute Gasteiger partial charge is 0.481 e. The minimum Gasteiger partial charge on any atom is -0.481 e. The number of halogens is 1. The lowest BCUT2D eigenvalue weighted by molar-refractivity contribution is -0.235. The second kappa shape index (κ2) is 14.2. The first-order chi connectivity index (χ1) is 26.6. The molecule has 0 radical (unpaired) electrons. The molecule has 12 nitrogen and oxygen atoms in total. The van der Waals surface area contributed by atoms with Crippen LogP contribution in [0.1, 0.15) is 138 Å². The monoisotopic (exact) mass is 806 g/mol. The molecule has 4 fully saturated rings. The van der Waals surface area contributed by atoms with Crippen LogP contribution in [0.2, 0.25) is 5.02 Å². The van der Waals surface area contributed by atoms with E-state index in [4.69, 9.17) is 22.1 Å². The average molecular weight is 807 g/mol. The Morgan fingerprint density at radius 3 is 2.30 bits per heavy atom. The zero-order valence-electron chi connectivity index (χ0n) is 35.3. The number of allylic oxidation sites excluding steroid dienone is 1. The maximum Gasteiger partial charge on any atom is 0.309 e. The topological polar surface area (TPSA) is 183 Å². The van der Waals surface area contributed by atoms with Crippen LogP contribution in [0, 0.1) is 56.2 Å². The number of nitrogens with zero attached hydrogens (tertiary/aromatic N) is 5. The van der Waals surface area contributed by atoms with E-state index in [1.165, 1.54) is 12.4 Å². The zero-order chi connectivity index (χ0) is 41.7. The molecule has 0 bridgehead atoms. The minimum atomic E-state index is -1.19. The number of ketones is 1. The third kappa shape index (κ3) is 6.23. The molecular formula is C44H63ClN6O6. The van der Waals surface area contributed by atoms with E-state index in [2.05, 4.69) is 68.6 Å². The summed E-state index contributed by atoms with van der Waals surface area (Å²) in [6, 6.07) is 0. The van der Waals surface area contributed by atoms with Gasteiger partial charge in [0.15, 0.2) is 17.4 Å². The van der Waals surface area contributed by atoms with Crippen molar-refractivity contribution in [3.8, 4) is 11.6 Å². The van der Waals surface area contributed by atoms with Gasteiger partial charge in [-0.3, -0.25) is 14.4 Å². The molecule has 2 heterocycles. The summed E-state index contributed by atoms with van der Waals surface area (Å²) in [6.07, 6.45) is 8.86. The van der Waals surface area contributed by atoms with Crippen LogP contribution in [0.25, 0.3) is 11.6 Å². The number of nitrogens with two attached hydrogens (primary N) is 1. The first-order valence-corrected chi connectivity index (χ1v) is 21.5. The van der Waals surface area contributed by atoms with E-state index in [0.29, 0.717) is 47.3 Å². The maximum atomic E-state index is 14.3. The standard InChI is InChI=1S/C44H63ClN6O6/c1-24(2)32-27(52)20-44(34(54)36-49-50-37(51(36)19-18-46)35-47-22-25(45)23-48-35)17-16-42(8)26(33(32)44)10-11-29-41(7)14-13-30(57-31(53)21-39(3,4)38(55)56)40(5,6)28(41)12-15-43(29,42)9/h22-24,26,28-30,34,54H,10-21,46H2,1-9H3,(H,55,56)/t26-,28+,29-,30+,34-,41+,42-,43-,44-/m1/s1. The van der Waals surface area contributed by atoms with Crippen LogP contribution in [0.5, 0.6) is 0 Å². The van der Waals surface area contributed by atoms with Crippen molar-refractivity contribution in [2.45, 2.75) is 145 Å². The normalized spacial score (nSPS) is 35.3. The van der Waals surface area contributed by atoms with E-state index in [9.17, 15) is 24.6 Å². The number of aliphatic hydroxyl groups excluding tert-OH is 1. The fourth-order valence-electron chi connectivity index (χ4n) is 13.5. The molecule has 0 aliphatic heterocycles. The Morgan fingerprint density at radius 2 is 1.67 bits per heavy atom. The van der Waals surface area contributed by atoms with Crippen molar-refractivity contribution in [2.24, 2.45) is 61.9 Å². The number of carboxylic acids is 1. The van der Waals surface area contributed by atoms with Crippen molar-refractivity contribution in [3.63, 3.8) is 0 Å². The molecule has 7 rings (SSSR count). The molecule has 312 valence electrons. The smallest absolute Gasteiger partial charge is 0.309 e. The van der Waals surface area contributed by atoms with Gasteiger partial charge >= 0.3 is 11.9 Å². The summed E-state index contributed by atoms with van der Waals surface area (Å²) in [5.74, 6) is 0.635. The molecule has 2 aromatic heterocycles. The van der Waals surface area contributed by atoms with Crippen LogP contribution in [0.15, 0.2) is 23.5 Å². The van der Waals surface area contributed by atoms with Gasteiger partial charge in [0.2, 0.25) is 5.82 Å². The Labute approximate surface area is 342 Å². The van der Waals surface area contributed by atoms with E-state index < -0.39 is 28.9 Å². The van der Waals surface area contributed by atoms with E-state index in [-0.39, 0.29) is 64.8 Å². The van der Waals surface area contributed by atoms with Crippen molar-refractivity contribution in [2.75, 3.05) is 6.54 Å². The van der Waals surface area contributed by atoms with E-state index >= 15 is 0 Å². The summed E-state index contributed by atoms with van der Waals surface area (Å²) < 4.78 is 7.99. The number of carbonyl (C=O) groups excluding carboxylic acids is 2. The molecule has 9 atom stereocenters. The minimum absolute atomic E-state index is 0.00130. The first-order valence-electron chi connectivity index (χ1n) is 21.1. The quantitative estimate of drug-likeness (QED) is 0.199. The summed E-state index contributed by atoms with van der Waals surface area (Å²) in [7, 11) is 0. The van der Waals surface area contributed by atoms with E-state index in [1.54, 1.807) is 13.8 Å². The van der Waals surface area contributed by atoms with Crippen molar-refractivity contribution < 1.29 is 29.3 Å². The van der Waals surface area contributed by atoms with Crippen molar-refractivity contribution in [1.29, 1.82) is 0 Å². The number of Topliss-reactive ketones (excluding diaryl/α,β-unsaturated/α-hetero) is 1. The number of aromatic nitrogens is 5. The number of esters is 1. The van der Waals surface area contributed by atoms with Crippen LogP contribution in [0.4, 0.5) is 0 Å². The van der Waals surface area contributed by atoms with Gasteiger partial charge in [-0.05, 0) is 116 Å². The average Bonchev–Trinajstić information content (AvgIpc) is 3.68. The molecule has 4 saturated carbocycles. The molecule has 0 spiro atoms. The first kappa shape index (κ1) is 41.9. The molecule has 4 N–H and O–H groups in total. The molecule has 0 amide bonds. The summed E-state index contributed by atoms with van der Waals surface area (Å²) in [4.78, 5) is 48.0. The number of rotatable bonds is 10. The van der Waals surface area contributed by atoms with Gasteiger partial charge in [0.25, 0.3) is 0 Å². The summed E-state index contributed by atoms with van der Waals surface area (Å²) >= 11 is 6.09. The zero-order valence-corrected chi connectivity index (χ0v) is 36.1. The van der Waals surface area contributed by atoms with Crippen LogP contribution in [0.3, 0.4) is 0 Å². The van der Waals surface area contributed by atoms with Crippen LogP contribution in [-0.4, -0.2) is 65.3 Å². The van der Waals surface area contributed by atoms with E-state index in [0.717, 1.165) is 56.1 Å². The number of carbonyl (C=O) groups is 3.